The van der Waals surface area contributed by atoms with Crippen LogP contribution in [0.1, 0.15) is 24.2 Å². The van der Waals surface area contributed by atoms with Crippen molar-refractivity contribution in [1.29, 1.82) is 0 Å². The van der Waals surface area contributed by atoms with Gasteiger partial charge >= 0.3 is 0 Å². The van der Waals surface area contributed by atoms with Crippen LogP contribution in [0.3, 0.4) is 0 Å². The summed E-state index contributed by atoms with van der Waals surface area (Å²) in [6, 6.07) is 4.15. The first-order valence-corrected chi connectivity index (χ1v) is 7.06. The molecule has 1 saturated heterocycles. The van der Waals surface area contributed by atoms with Crippen LogP contribution in [0, 0.1) is 10.1 Å². The molecule has 1 amide bonds. The fourth-order valence-corrected chi connectivity index (χ4v) is 2.55. The summed E-state index contributed by atoms with van der Waals surface area (Å²) in [5.74, 6) is -0.219. The molecule has 0 spiro atoms. The highest BCUT2D eigenvalue weighted by Crippen LogP contribution is 2.25. The number of amides is 1. The Kier molecular flexibility index (Phi) is 4.39. The monoisotopic (exact) mass is 342 g/mol. The Balaban J connectivity index is 2.32. The van der Waals surface area contributed by atoms with Gasteiger partial charge in [-0.25, -0.2) is 0 Å². The molecular weight excluding hydrogens is 328 g/mol. The summed E-state index contributed by atoms with van der Waals surface area (Å²) in [6.45, 7) is 4.75. The van der Waals surface area contributed by atoms with E-state index in [1.54, 1.807) is 4.90 Å². The van der Waals surface area contributed by atoms with E-state index in [4.69, 9.17) is 4.74 Å². The second-order valence-electron chi connectivity index (χ2n) is 4.87. The van der Waals surface area contributed by atoms with Gasteiger partial charge in [0.1, 0.15) is 0 Å². The molecule has 7 heteroatoms. The minimum Gasteiger partial charge on any atom is -0.375 e. The smallest absolute Gasteiger partial charge is 0.270 e. The van der Waals surface area contributed by atoms with E-state index in [2.05, 4.69) is 15.9 Å². The average Bonchev–Trinajstić information content (AvgIpc) is 2.41. The second kappa shape index (κ2) is 5.88. The number of non-ortho nitro benzene ring substituents is 1. The van der Waals surface area contributed by atoms with E-state index in [0.717, 1.165) is 0 Å². The largest absolute Gasteiger partial charge is 0.375 e. The van der Waals surface area contributed by atoms with E-state index in [-0.39, 0.29) is 23.7 Å². The quantitative estimate of drug-likeness (QED) is 0.611. The number of morpholine rings is 1. The molecule has 2 atom stereocenters. The van der Waals surface area contributed by atoms with Gasteiger partial charge in [0, 0.05) is 23.2 Å². The van der Waals surface area contributed by atoms with Crippen LogP contribution in [0.25, 0.3) is 0 Å². The minimum absolute atomic E-state index is 0.0346. The summed E-state index contributed by atoms with van der Waals surface area (Å²) >= 11 is 3.28. The lowest BCUT2D eigenvalue weighted by Gasteiger charge is -2.37. The highest BCUT2D eigenvalue weighted by molar-refractivity contribution is 9.10. The number of nitro benzene ring substituents is 1. The first-order valence-electron chi connectivity index (χ1n) is 6.26. The van der Waals surface area contributed by atoms with Crippen molar-refractivity contribution in [3.63, 3.8) is 0 Å². The zero-order chi connectivity index (χ0) is 14.9. The highest BCUT2D eigenvalue weighted by atomic mass is 79.9. The molecule has 2 rings (SSSR count). The van der Waals surface area contributed by atoms with E-state index in [1.807, 2.05) is 13.8 Å². The molecule has 0 saturated carbocycles. The van der Waals surface area contributed by atoms with Crippen molar-refractivity contribution in [1.82, 2.24) is 4.90 Å². The Morgan fingerprint density at radius 1 is 1.50 bits per heavy atom. The molecule has 1 aliphatic rings. The summed E-state index contributed by atoms with van der Waals surface area (Å²) in [5.41, 5.74) is 0.214. The van der Waals surface area contributed by atoms with Crippen LogP contribution >= 0.6 is 15.9 Å². The lowest BCUT2D eigenvalue weighted by molar-refractivity contribution is -0.384. The van der Waals surface area contributed by atoms with E-state index < -0.39 is 4.92 Å². The molecule has 0 radical (unpaired) electrons. The van der Waals surface area contributed by atoms with Crippen LogP contribution in [0.4, 0.5) is 5.69 Å². The van der Waals surface area contributed by atoms with Gasteiger partial charge in [0.25, 0.3) is 11.6 Å². The Bertz CT molecular complexity index is 549. The molecule has 1 aromatic carbocycles. The van der Waals surface area contributed by atoms with Crippen LogP contribution in [0.2, 0.25) is 0 Å². The molecule has 108 valence electrons. The number of hydrogen-bond acceptors (Lipinski definition) is 4. The fourth-order valence-electron chi connectivity index (χ4n) is 2.13. The van der Waals surface area contributed by atoms with Crippen molar-refractivity contribution in [2.24, 2.45) is 0 Å². The maximum Gasteiger partial charge on any atom is 0.270 e. The number of nitrogens with zero attached hydrogens (tertiary/aromatic N) is 2. The molecule has 6 nitrogen and oxygen atoms in total. The molecule has 20 heavy (non-hydrogen) atoms. The third-order valence-electron chi connectivity index (χ3n) is 3.26. The molecule has 0 aromatic heterocycles. The van der Waals surface area contributed by atoms with Crippen LogP contribution < -0.4 is 0 Å². The van der Waals surface area contributed by atoms with Crippen molar-refractivity contribution in [3.05, 3.63) is 38.3 Å². The number of benzene rings is 1. The Labute approximate surface area is 125 Å². The summed E-state index contributed by atoms with van der Waals surface area (Å²) in [6.07, 6.45) is -0.0346. The number of halogens is 1. The highest BCUT2D eigenvalue weighted by Gasteiger charge is 2.30. The standard InChI is InChI=1S/C13H15BrN2O4/c1-8-7-20-9(2)6-15(8)13(17)11-5-10(16(18)19)3-4-12(11)14/h3-5,8-9H,6-7H2,1-2H3. The van der Waals surface area contributed by atoms with Crippen LogP contribution in [0.5, 0.6) is 0 Å². The number of carbonyl (C=O) groups excluding carboxylic acids is 1. The van der Waals surface area contributed by atoms with Gasteiger partial charge in [0.2, 0.25) is 0 Å². The third-order valence-corrected chi connectivity index (χ3v) is 3.95. The second-order valence-corrected chi connectivity index (χ2v) is 5.73. The third kappa shape index (κ3) is 2.99. The van der Waals surface area contributed by atoms with Crippen molar-refractivity contribution in [2.45, 2.75) is 26.0 Å². The van der Waals surface area contributed by atoms with Gasteiger partial charge in [-0.3, -0.25) is 14.9 Å². The first kappa shape index (κ1) is 14.9. The molecule has 0 aliphatic carbocycles. The molecule has 2 unspecified atom stereocenters. The Morgan fingerprint density at radius 3 is 2.85 bits per heavy atom. The lowest BCUT2D eigenvalue weighted by Crippen LogP contribution is -2.50. The molecule has 1 aliphatic heterocycles. The minimum atomic E-state index is -0.505. The molecule has 1 aromatic rings. The molecule has 0 N–H and O–H groups in total. The topological polar surface area (TPSA) is 72.7 Å². The molecular formula is C13H15BrN2O4. The van der Waals surface area contributed by atoms with Crippen molar-refractivity contribution in [3.8, 4) is 0 Å². The molecule has 1 fully saturated rings. The SMILES string of the molecule is CC1CN(C(=O)c2cc([N+](=O)[O-])ccc2Br)C(C)CO1. The van der Waals surface area contributed by atoms with E-state index in [0.29, 0.717) is 23.2 Å². The van der Waals surface area contributed by atoms with E-state index in [9.17, 15) is 14.9 Å². The fraction of sp³-hybridized carbons (Fsp3) is 0.462. The van der Waals surface area contributed by atoms with Gasteiger partial charge in [-0.1, -0.05) is 0 Å². The molecule has 0 bridgehead atoms. The van der Waals surface area contributed by atoms with Gasteiger partial charge in [-0.15, -0.1) is 0 Å². The van der Waals surface area contributed by atoms with Gasteiger partial charge in [-0.05, 0) is 35.8 Å². The van der Waals surface area contributed by atoms with Crippen LogP contribution in [-0.2, 0) is 4.74 Å². The Hall–Kier alpha value is -1.47. The van der Waals surface area contributed by atoms with Gasteiger partial charge in [0.15, 0.2) is 0 Å². The predicted octanol–water partition coefficient (Wildman–Crippen LogP) is 2.61. The van der Waals surface area contributed by atoms with Crippen molar-refractivity contribution >= 4 is 27.5 Å². The van der Waals surface area contributed by atoms with E-state index in [1.165, 1.54) is 18.2 Å². The summed E-state index contributed by atoms with van der Waals surface area (Å²) < 4.78 is 6.04. The van der Waals surface area contributed by atoms with Crippen molar-refractivity contribution in [2.75, 3.05) is 13.2 Å². The normalized spacial score (nSPS) is 22.6. The maximum absolute atomic E-state index is 12.6. The number of nitro groups is 1. The van der Waals surface area contributed by atoms with E-state index >= 15 is 0 Å². The zero-order valence-corrected chi connectivity index (χ0v) is 12.8. The zero-order valence-electron chi connectivity index (χ0n) is 11.2. The van der Waals surface area contributed by atoms with Gasteiger partial charge < -0.3 is 9.64 Å². The van der Waals surface area contributed by atoms with Crippen LogP contribution in [0.15, 0.2) is 22.7 Å². The molecule has 1 heterocycles. The lowest BCUT2D eigenvalue weighted by atomic mass is 10.1. The summed E-state index contributed by atoms with van der Waals surface area (Å²) in [5, 5.41) is 10.8. The first-order chi connectivity index (χ1) is 9.40. The van der Waals surface area contributed by atoms with Gasteiger partial charge in [0.05, 0.1) is 29.2 Å². The number of hydrogen-bond donors (Lipinski definition) is 0. The van der Waals surface area contributed by atoms with Crippen molar-refractivity contribution < 1.29 is 14.5 Å². The summed E-state index contributed by atoms with van der Waals surface area (Å²) in [4.78, 5) is 24.6. The average molecular weight is 343 g/mol. The summed E-state index contributed by atoms with van der Waals surface area (Å²) in [7, 11) is 0. The number of carbonyl (C=O) groups is 1. The Morgan fingerprint density at radius 2 is 2.20 bits per heavy atom. The van der Waals surface area contributed by atoms with Gasteiger partial charge in [-0.2, -0.15) is 0 Å². The number of rotatable bonds is 2. The van der Waals surface area contributed by atoms with Crippen LogP contribution in [-0.4, -0.2) is 41.0 Å². The predicted molar refractivity (Wildman–Crippen MR) is 76.7 cm³/mol. The number of ether oxygens (including phenoxy) is 1. The maximum atomic E-state index is 12.6.